The van der Waals surface area contributed by atoms with Crippen molar-refractivity contribution in [1.82, 2.24) is 9.78 Å². The average molecular weight is 307 g/mol. The van der Waals surface area contributed by atoms with Crippen molar-refractivity contribution in [2.45, 2.75) is 44.9 Å². The number of rotatable bonds is 5. The first-order valence-corrected chi connectivity index (χ1v) is 7.71. The van der Waals surface area contributed by atoms with Crippen LogP contribution in [0.25, 0.3) is 0 Å². The van der Waals surface area contributed by atoms with Gasteiger partial charge in [0.1, 0.15) is 12.4 Å². The maximum absolute atomic E-state index is 9.33. The summed E-state index contributed by atoms with van der Waals surface area (Å²) in [5.74, 6) is 0.539. The van der Waals surface area contributed by atoms with Crippen molar-refractivity contribution in [3.63, 3.8) is 0 Å². The number of aliphatic hydroxyl groups excluding tert-OH is 1. The van der Waals surface area contributed by atoms with Gasteiger partial charge in [-0.1, -0.05) is 36.6 Å². The Kier molecular flexibility index (Phi) is 4.46. The standard InChI is InChI=1S/C16H19ClN2O2/c17-15-7-3-4-12(10-20)16(15)21-11-13-8-9-19(18-13)14-5-1-2-6-14/h3-4,7-9,14,20H,1-2,5-6,10-11H2. The van der Waals surface area contributed by atoms with Crippen LogP contribution in [-0.2, 0) is 13.2 Å². The SMILES string of the molecule is OCc1cccc(Cl)c1OCc1ccn(C2CCCC2)n1. The summed E-state index contributed by atoms with van der Waals surface area (Å²) in [5, 5.41) is 14.4. The van der Waals surface area contributed by atoms with Crippen molar-refractivity contribution in [2.24, 2.45) is 0 Å². The fourth-order valence-corrected chi connectivity index (χ4v) is 3.06. The molecule has 0 bridgehead atoms. The van der Waals surface area contributed by atoms with Gasteiger partial charge < -0.3 is 9.84 Å². The second-order valence-electron chi connectivity index (χ2n) is 5.40. The van der Waals surface area contributed by atoms with Gasteiger partial charge in [0.05, 0.1) is 23.4 Å². The molecule has 1 heterocycles. The van der Waals surface area contributed by atoms with Crippen LogP contribution in [0.2, 0.25) is 5.02 Å². The molecule has 112 valence electrons. The van der Waals surface area contributed by atoms with E-state index in [-0.39, 0.29) is 6.61 Å². The Bertz CT molecular complexity index is 606. The Morgan fingerprint density at radius 1 is 1.29 bits per heavy atom. The van der Waals surface area contributed by atoms with E-state index in [1.54, 1.807) is 18.2 Å². The van der Waals surface area contributed by atoms with E-state index < -0.39 is 0 Å². The smallest absolute Gasteiger partial charge is 0.143 e. The van der Waals surface area contributed by atoms with E-state index in [1.807, 2.05) is 16.9 Å². The molecule has 1 N–H and O–H groups in total. The van der Waals surface area contributed by atoms with Gasteiger partial charge in [0.15, 0.2) is 0 Å². The van der Waals surface area contributed by atoms with Crippen LogP contribution in [0.5, 0.6) is 5.75 Å². The molecule has 0 amide bonds. The van der Waals surface area contributed by atoms with E-state index in [0.29, 0.717) is 29.0 Å². The summed E-state index contributed by atoms with van der Waals surface area (Å²) in [7, 11) is 0. The number of ether oxygens (including phenoxy) is 1. The van der Waals surface area contributed by atoms with Crippen LogP contribution >= 0.6 is 11.6 Å². The summed E-state index contributed by atoms with van der Waals surface area (Å²) in [6, 6.07) is 7.88. The van der Waals surface area contributed by atoms with Gasteiger partial charge in [-0.3, -0.25) is 4.68 Å². The van der Waals surface area contributed by atoms with Gasteiger partial charge in [0.25, 0.3) is 0 Å². The molecule has 5 heteroatoms. The third-order valence-electron chi connectivity index (χ3n) is 3.95. The Morgan fingerprint density at radius 3 is 2.86 bits per heavy atom. The normalized spacial score (nSPS) is 15.5. The monoisotopic (exact) mass is 306 g/mol. The summed E-state index contributed by atoms with van der Waals surface area (Å²) in [6.07, 6.45) is 7.02. The zero-order valence-electron chi connectivity index (χ0n) is 11.8. The Hall–Kier alpha value is -1.52. The highest BCUT2D eigenvalue weighted by atomic mass is 35.5. The van der Waals surface area contributed by atoms with Crippen molar-refractivity contribution in [1.29, 1.82) is 0 Å². The molecule has 1 saturated carbocycles. The number of hydrogen-bond acceptors (Lipinski definition) is 3. The molecule has 0 unspecified atom stereocenters. The van der Waals surface area contributed by atoms with E-state index in [0.717, 1.165) is 5.69 Å². The predicted octanol–water partition coefficient (Wildman–Crippen LogP) is 3.72. The van der Waals surface area contributed by atoms with Crippen LogP contribution in [0, 0.1) is 0 Å². The molecule has 3 rings (SSSR count). The van der Waals surface area contributed by atoms with Crippen LogP contribution in [0.4, 0.5) is 0 Å². The van der Waals surface area contributed by atoms with Crippen LogP contribution in [0.1, 0.15) is 43.0 Å². The highest BCUT2D eigenvalue weighted by Crippen LogP contribution is 2.30. The quantitative estimate of drug-likeness (QED) is 0.915. The summed E-state index contributed by atoms with van der Waals surface area (Å²) in [5.41, 5.74) is 1.57. The molecular formula is C16H19ClN2O2. The molecular weight excluding hydrogens is 288 g/mol. The summed E-state index contributed by atoms with van der Waals surface area (Å²) >= 11 is 6.12. The molecule has 1 aliphatic carbocycles. The molecule has 2 aromatic rings. The minimum Gasteiger partial charge on any atom is -0.485 e. The Labute approximate surface area is 129 Å². The van der Waals surface area contributed by atoms with E-state index >= 15 is 0 Å². The molecule has 0 aliphatic heterocycles. The van der Waals surface area contributed by atoms with Gasteiger partial charge >= 0.3 is 0 Å². The van der Waals surface area contributed by atoms with E-state index in [4.69, 9.17) is 16.3 Å². The zero-order valence-corrected chi connectivity index (χ0v) is 12.6. The van der Waals surface area contributed by atoms with Crippen molar-refractivity contribution >= 4 is 11.6 Å². The fourth-order valence-electron chi connectivity index (χ4n) is 2.81. The highest BCUT2D eigenvalue weighted by molar-refractivity contribution is 6.32. The lowest BCUT2D eigenvalue weighted by Crippen LogP contribution is -2.07. The first kappa shape index (κ1) is 14.4. The summed E-state index contributed by atoms with van der Waals surface area (Å²) < 4.78 is 7.80. The molecule has 1 fully saturated rings. The van der Waals surface area contributed by atoms with Crippen molar-refractivity contribution in [3.8, 4) is 5.75 Å². The Balaban J connectivity index is 1.68. The topological polar surface area (TPSA) is 47.3 Å². The molecule has 0 saturated heterocycles. The third kappa shape index (κ3) is 3.22. The fraction of sp³-hybridized carbons (Fsp3) is 0.438. The van der Waals surface area contributed by atoms with Gasteiger partial charge in [0, 0.05) is 11.8 Å². The molecule has 21 heavy (non-hydrogen) atoms. The molecule has 0 spiro atoms. The van der Waals surface area contributed by atoms with E-state index in [9.17, 15) is 5.11 Å². The largest absolute Gasteiger partial charge is 0.485 e. The predicted molar refractivity (Wildman–Crippen MR) is 81.4 cm³/mol. The number of para-hydroxylation sites is 1. The molecule has 4 nitrogen and oxygen atoms in total. The number of nitrogens with zero attached hydrogens (tertiary/aromatic N) is 2. The minimum absolute atomic E-state index is 0.0909. The van der Waals surface area contributed by atoms with Crippen molar-refractivity contribution < 1.29 is 9.84 Å². The van der Waals surface area contributed by atoms with Crippen LogP contribution in [-0.4, -0.2) is 14.9 Å². The summed E-state index contributed by atoms with van der Waals surface area (Å²) in [6.45, 7) is 0.267. The lowest BCUT2D eigenvalue weighted by molar-refractivity contribution is 0.257. The zero-order chi connectivity index (χ0) is 14.7. The molecule has 0 atom stereocenters. The first-order valence-electron chi connectivity index (χ1n) is 7.33. The highest BCUT2D eigenvalue weighted by Gasteiger charge is 2.17. The van der Waals surface area contributed by atoms with Crippen molar-refractivity contribution in [3.05, 3.63) is 46.7 Å². The van der Waals surface area contributed by atoms with Gasteiger partial charge in [-0.2, -0.15) is 5.10 Å². The molecule has 0 radical (unpaired) electrons. The van der Waals surface area contributed by atoms with E-state index in [1.165, 1.54) is 25.7 Å². The maximum Gasteiger partial charge on any atom is 0.143 e. The van der Waals surface area contributed by atoms with Crippen LogP contribution in [0.15, 0.2) is 30.5 Å². The number of aromatic nitrogens is 2. The lowest BCUT2D eigenvalue weighted by atomic mass is 10.2. The molecule has 1 aromatic carbocycles. The van der Waals surface area contributed by atoms with Crippen molar-refractivity contribution in [2.75, 3.05) is 0 Å². The summed E-state index contributed by atoms with van der Waals surface area (Å²) in [4.78, 5) is 0. The van der Waals surface area contributed by atoms with Gasteiger partial charge in [-0.15, -0.1) is 0 Å². The van der Waals surface area contributed by atoms with Gasteiger partial charge in [-0.25, -0.2) is 0 Å². The van der Waals surface area contributed by atoms with Crippen LogP contribution < -0.4 is 4.74 Å². The number of benzene rings is 1. The second-order valence-corrected chi connectivity index (χ2v) is 5.81. The lowest BCUT2D eigenvalue weighted by Gasteiger charge is -2.11. The second kappa shape index (κ2) is 6.50. The molecule has 1 aliphatic rings. The Morgan fingerprint density at radius 2 is 2.10 bits per heavy atom. The number of hydrogen-bond donors (Lipinski definition) is 1. The average Bonchev–Trinajstić information content (AvgIpc) is 3.16. The number of aliphatic hydroxyl groups is 1. The maximum atomic E-state index is 9.33. The third-order valence-corrected chi connectivity index (χ3v) is 4.24. The van der Waals surface area contributed by atoms with E-state index in [2.05, 4.69) is 5.10 Å². The number of halogens is 1. The van der Waals surface area contributed by atoms with Gasteiger partial charge in [0.2, 0.25) is 0 Å². The minimum atomic E-state index is -0.0909. The molecule has 1 aromatic heterocycles. The van der Waals surface area contributed by atoms with Crippen LogP contribution in [0.3, 0.4) is 0 Å². The first-order chi connectivity index (χ1) is 10.3. The van der Waals surface area contributed by atoms with Gasteiger partial charge in [-0.05, 0) is 25.0 Å².